The van der Waals surface area contributed by atoms with E-state index in [9.17, 15) is 4.79 Å². The van der Waals surface area contributed by atoms with Gasteiger partial charge in [0, 0.05) is 16.5 Å². The summed E-state index contributed by atoms with van der Waals surface area (Å²) in [5.41, 5.74) is 6.63. The van der Waals surface area contributed by atoms with Crippen LogP contribution in [0.5, 0.6) is 5.75 Å². The number of para-hydroxylation sites is 1. The molecule has 1 aliphatic rings. The first-order valence-electron chi connectivity index (χ1n) is 14.8. The normalized spacial score (nSPS) is 18.4. The van der Waals surface area contributed by atoms with E-state index < -0.39 is 18.1 Å². The molecule has 4 heteroatoms. The van der Waals surface area contributed by atoms with E-state index in [1.807, 2.05) is 77.9 Å². The zero-order valence-corrected chi connectivity index (χ0v) is 25.1. The highest BCUT2D eigenvalue weighted by molar-refractivity contribution is 5.99. The standard InChI is InChI=1S/C39H37NO3/c1-27-20-22-29(23-21-27)38-35(37(41)28-14-8-5-9-15-28)36(40(43-38)32-18-12-7-13-19-32)33-26-31(24-25-34(33)42-4)39(2,3)30-16-10-6-11-17-30/h5-26,35-36,38H,1-4H3. The zero-order valence-electron chi connectivity index (χ0n) is 25.1. The maximum Gasteiger partial charge on any atom is 0.171 e. The quantitative estimate of drug-likeness (QED) is 0.175. The van der Waals surface area contributed by atoms with Crippen LogP contribution in [0.1, 0.15) is 64.2 Å². The van der Waals surface area contributed by atoms with Gasteiger partial charge in [-0.25, -0.2) is 5.06 Å². The molecule has 6 rings (SSSR count). The Balaban J connectivity index is 1.57. The fraction of sp³-hybridized carbons (Fsp3) is 0.205. The molecule has 5 aromatic rings. The van der Waals surface area contributed by atoms with Crippen LogP contribution in [0.15, 0.2) is 133 Å². The average Bonchev–Trinajstić information content (AvgIpc) is 3.46. The van der Waals surface area contributed by atoms with Crippen molar-refractivity contribution in [3.8, 4) is 5.75 Å². The molecule has 0 spiro atoms. The maximum atomic E-state index is 14.6. The molecule has 3 atom stereocenters. The Hall–Kier alpha value is -4.67. The Kier molecular flexibility index (Phi) is 7.88. The Bertz CT molecular complexity index is 1680. The van der Waals surface area contributed by atoms with Crippen LogP contribution in [0.2, 0.25) is 0 Å². The number of carbonyl (C=O) groups is 1. The summed E-state index contributed by atoms with van der Waals surface area (Å²) in [6.45, 7) is 6.53. The summed E-state index contributed by atoms with van der Waals surface area (Å²) in [5.74, 6) is 0.205. The monoisotopic (exact) mass is 567 g/mol. The average molecular weight is 568 g/mol. The van der Waals surface area contributed by atoms with Gasteiger partial charge in [-0.2, -0.15) is 0 Å². The summed E-state index contributed by atoms with van der Waals surface area (Å²) in [7, 11) is 1.69. The fourth-order valence-corrected chi connectivity index (χ4v) is 6.16. The summed E-state index contributed by atoms with van der Waals surface area (Å²) < 4.78 is 6.01. The van der Waals surface area contributed by atoms with E-state index >= 15 is 0 Å². The van der Waals surface area contributed by atoms with E-state index in [0.29, 0.717) is 5.56 Å². The predicted octanol–water partition coefficient (Wildman–Crippen LogP) is 9.06. The molecule has 1 fully saturated rings. The molecule has 0 radical (unpaired) electrons. The van der Waals surface area contributed by atoms with Crippen molar-refractivity contribution < 1.29 is 14.4 Å². The summed E-state index contributed by atoms with van der Waals surface area (Å²) in [6, 6.07) is 44.3. The van der Waals surface area contributed by atoms with Crippen LogP contribution in [-0.2, 0) is 10.3 Å². The molecule has 216 valence electrons. The SMILES string of the molecule is COc1ccc(C(C)(C)c2ccccc2)cc1C1C(C(=O)c2ccccc2)C(c2ccc(C)cc2)ON1c1ccccc1. The van der Waals surface area contributed by atoms with Crippen molar-refractivity contribution in [2.24, 2.45) is 5.92 Å². The summed E-state index contributed by atoms with van der Waals surface area (Å²) in [5, 5.41) is 1.92. The third-order valence-corrected chi connectivity index (χ3v) is 8.69. The zero-order chi connectivity index (χ0) is 30.0. The molecule has 1 heterocycles. The molecule has 1 saturated heterocycles. The van der Waals surface area contributed by atoms with E-state index in [1.165, 1.54) is 5.56 Å². The van der Waals surface area contributed by atoms with Crippen molar-refractivity contribution in [2.45, 2.75) is 38.3 Å². The maximum absolute atomic E-state index is 14.6. The number of rotatable bonds is 8. The molecule has 4 nitrogen and oxygen atoms in total. The van der Waals surface area contributed by atoms with Gasteiger partial charge in [-0.3, -0.25) is 9.63 Å². The lowest BCUT2D eigenvalue weighted by Crippen LogP contribution is -2.30. The van der Waals surface area contributed by atoms with Crippen LogP contribution in [0.25, 0.3) is 0 Å². The molecule has 0 aromatic heterocycles. The minimum atomic E-state index is -0.547. The molecule has 0 bridgehead atoms. The lowest BCUT2D eigenvalue weighted by Gasteiger charge is -2.31. The Labute approximate surface area is 254 Å². The number of carbonyl (C=O) groups excluding carboxylic acids is 1. The number of anilines is 1. The van der Waals surface area contributed by atoms with Crippen molar-refractivity contribution in [1.29, 1.82) is 0 Å². The third-order valence-electron chi connectivity index (χ3n) is 8.69. The van der Waals surface area contributed by atoms with Crippen molar-refractivity contribution >= 4 is 11.5 Å². The van der Waals surface area contributed by atoms with Gasteiger partial charge in [-0.1, -0.05) is 129 Å². The van der Waals surface area contributed by atoms with Crippen molar-refractivity contribution in [3.05, 3.63) is 167 Å². The number of hydrogen-bond acceptors (Lipinski definition) is 4. The number of hydroxylamine groups is 1. The van der Waals surface area contributed by atoms with Gasteiger partial charge in [0.15, 0.2) is 5.78 Å². The Morgan fingerprint density at radius 1 is 0.744 bits per heavy atom. The molecular weight excluding hydrogens is 530 g/mol. The summed E-state index contributed by atoms with van der Waals surface area (Å²) in [6.07, 6.45) is -0.506. The number of ether oxygens (including phenoxy) is 1. The molecule has 0 amide bonds. The molecule has 43 heavy (non-hydrogen) atoms. The summed E-state index contributed by atoms with van der Waals surface area (Å²) in [4.78, 5) is 21.5. The minimum Gasteiger partial charge on any atom is -0.496 e. The number of aryl methyl sites for hydroxylation is 1. The van der Waals surface area contributed by atoms with Crippen LogP contribution in [-0.4, -0.2) is 12.9 Å². The van der Waals surface area contributed by atoms with Crippen molar-refractivity contribution in [2.75, 3.05) is 12.2 Å². The van der Waals surface area contributed by atoms with Gasteiger partial charge in [0.2, 0.25) is 0 Å². The molecule has 3 unspecified atom stereocenters. The molecule has 0 aliphatic carbocycles. The Morgan fingerprint density at radius 3 is 1.98 bits per heavy atom. The molecule has 0 saturated carbocycles. The number of methoxy groups -OCH3 is 1. The van der Waals surface area contributed by atoms with E-state index in [4.69, 9.17) is 9.57 Å². The van der Waals surface area contributed by atoms with E-state index in [-0.39, 0.29) is 11.2 Å². The first kappa shape index (κ1) is 28.4. The van der Waals surface area contributed by atoms with Gasteiger partial charge in [0.1, 0.15) is 11.9 Å². The first-order chi connectivity index (χ1) is 20.9. The van der Waals surface area contributed by atoms with E-state index in [2.05, 4.69) is 81.4 Å². The van der Waals surface area contributed by atoms with Gasteiger partial charge in [-0.05, 0) is 47.9 Å². The highest BCUT2D eigenvalue weighted by Gasteiger charge is 2.50. The van der Waals surface area contributed by atoms with Crippen LogP contribution in [0, 0.1) is 12.8 Å². The van der Waals surface area contributed by atoms with Gasteiger partial charge >= 0.3 is 0 Å². The third kappa shape index (κ3) is 5.47. The number of hydrogen-bond donors (Lipinski definition) is 0. The first-order valence-corrected chi connectivity index (χ1v) is 14.8. The smallest absolute Gasteiger partial charge is 0.171 e. The predicted molar refractivity (Wildman–Crippen MR) is 172 cm³/mol. The van der Waals surface area contributed by atoms with Crippen LogP contribution >= 0.6 is 0 Å². The fourth-order valence-electron chi connectivity index (χ4n) is 6.16. The lowest BCUT2D eigenvalue weighted by atomic mass is 9.75. The molecule has 5 aromatic carbocycles. The van der Waals surface area contributed by atoms with Crippen LogP contribution in [0.3, 0.4) is 0 Å². The minimum absolute atomic E-state index is 0.0318. The van der Waals surface area contributed by atoms with E-state index in [0.717, 1.165) is 33.7 Å². The molecule has 1 aliphatic heterocycles. The van der Waals surface area contributed by atoms with Crippen molar-refractivity contribution in [3.63, 3.8) is 0 Å². The van der Waals surface area contributed by atoms with E-state index in [1.54, 1.807) is 7.11 Å². The van der Waals surface area contributed by atoms with Gasteiger partial charge in [-0.15, -0.1) is 0 Å². The number of Topliss-reactive ketones (excluding diaryl/α,β-unsaturated/α-hetero) is 1. The van der Waals surface area contributed by atoms with Crippen LogP contribution in [0.4, 0.5) is 5.69 Å². The van der Waals surface area contributed by atoms with Crippen molar-refractivity contribution in [1.82, 2.24) is 0 Å². The highest BCUT2D eigenvalue weighted by Crippen LogP contribution is 2.52. The molecule has 0 N–H and O–H groups in total. The Morgan fingerprint density at radius 2 is 1.35 bits per heavy atom. The van der Waals surface area contributed by atoms with Gasteiger partial charge in [0.25, 0.3) is 0 Å². The lowest BCUT2D eigenvalue weighted by molar-refractivity contribution is 0.0600. The van der Waals surface area contributed by atoms with Gasteiger partial charge in [0.05, 0.1) is 24.8 Å². The van der Waals surface area contributed by atoms with Crippen LogP contribution < -0.4 is 9.80 Å². The number of ketones is 1. The summed E-state index contributed by atoms with van der Waals surface area (Å²) >= 11 is 0. The second-order valence-electron chi connectivity index (χ2n) is 11.7. The number of benzene rings is 5. The molecular formula is C39H37NO3. The second-order valence-corrected chi connectivity index (χ2v) is 11.7. The largest absolute Gasteiger partial charge is 0.496 e. The second kappa shape index (κ2) is 11.9. The number of nitrogens with zero attached hydrogens (tertiary/aromatic N) is 1. The topological polar surface area (TPSA) is 38.8 Å². The highest BCUT2D eigenvalue weighted by atomic mass is 16.7. The van der Waals surface area contributed by atoms with Gasteiger partial charge < -0.3 is 4.74 Å².